The summed E-state index contributed by atoms with van der Waals surface area (Å²) < 4.78 is 32.2. The van der Waals surface area contributed by atoms with Crippen LogP contribution in [0.1, 0.15) is 39.3 Å². The summed E-state index contributed by atoms with van der Waals surface area (Å²) in [5.74, 6) is -2.74. The van der Waals surface area contributed by atoms with Crippen molar-refractivity contribution in [3.05, 3.63) is 83.3 Å². The van der Waals surface area contributed by atoms with Crippen molar-refractivity contribution in [2.24, 2.45) is 0 Å². The minimum atomic E-state index is -1.04. The lowest BCUT2D eigenvalue weighted by atomic mass is 10.0. The Kier molecular flexibility index (Phi) is 8.02. The summed E-state index contributed by atoms with van der Waals surface area (Å²) in [5.41, 5.74) is 0.348. The molecule has 3 aromatic rings. The molecule has 9 nitrogen and oxygen atoms in total. The molecule has 2 N–H and O–H groups in total. The van der Waals surface area contributed by atoms with Crippen molar-refractivity contribution < 1.29 is 27.9 Å². The molecule has 1 aliphatic heterocycles. The highest BCUT2D eigenvalue weighted by molar-refractivity contribution is 6.07. The van der Waals surface area contributed by atoms with Crippen molar-refractivity contribution in [1.82, 2.24) is 20.2 Å². The summed E-state index contributed by atoms with van der Waals surface area (Å²) in [6, 6.07) is 9.66. The highest BCUT2D eigenvalue weighted by Crippen LogP contribution is 2.17. The van der Waals surface area contributed by atoms with Crippen LogP contribution in [0.5, 0.6) is 5.75 Å². The van der Waals surface area contributed by atoms with Gasteiger partial charge in [-0.25, -0.2) is 18.7 Å². The van der Waals surface area contributed by atoms with E-state index in [9.17, 15) is 23.2 Å². The normalized spacial score (nSPS) is 13.6. The van der Waals surface area contributed by atoms with Gasteiger partial charge in [0, 0.05) is 37.6 Å². The molecule has 3 amide bonds. The summed E-state index contributed by atoms with van der Waals surface area (Å²) in [6.07, 6.45) is 3.94. The largest absolute Gasteiger partial charge is 0.497 e. The molecular weight excluding hydrogens is 484 g/mol. The van der Waals surface area contributed by atoms with Crippen LogP contribution in [-0.2, 0) is 11.2 Å². The number of anilines is 1. The first-order chi connectivity index (χ1) is 17.8. The number of likely N-dealkylation sites (tertiary alicyclic amines) is 1. The zero-order valence-electron chi connectivity index (χ0n) is 20.0. The van der Waals surface area contributed by atoms with E-state index in [1.807, 2.05) is 24.3 Å². The fourth-order valence-corrected chi connectivity index (χ4v) is 4.00. The van der Waals surface area contributed by atoms with Gasteiger partial charge in [0.1, 0.15) is 17.4 Å². The number of carbonyl (C=O) groups excluding carboxylic acids is 3. The molecule has 11 heteroatoms. The summed E-state index contributed by atoms with van der Waals surface area (Å²) in [6.45, 7) is 0.960. The number of rotatable bonds is 7. The molecular formula is C26H25F2N5O4. The Morgan fingerprint density at radius 3 is 2.38 bits per heavy atom. The SMILES string of the molecule is COc1ccc(CC(=O)N2CCC(NC(=O)c3nccnc3NC(=O)c3ccc(F)cc3F)CC2)cc1. The van der Waals surface area contributed by atoms with Crippen molar-refractivity contribution in [2.45, 2.75) is 25.3 Å². The second-order valence-corrected chi connectivity index (χ2v) is 8.49. The number of hydrogen-bond donors (Lipinski definition) is 2. The lowest BCUT2D eigenvalue weighted by Crippen LogP contribution is -2.47. The van der Waals surface area contributed by atoms with Crippen LogP contribution in [0.3, 0.4) is 0 Å². The average Bonchev–Trinajstić information content (AvgIpc) is 2.89. The Bertz CT molecular complexity index is 1290. The van der Waals surface area contributed by atoms with Crippen LogP contribution in [0, 0.1) is 11.6 Å². The van der Waals surface area contributed by atoms with E-state index in [0.717, 1.165) is 23.4 Å². The Morgan fingerprint density at radius 1 is 1.00 bits per heavy atom. The van der Waals surface area contributed by atoms with E-state index in [2.05, 4.69) is 20.6 Å². The number of ether oxygens (including phenoxy) is 1. The van der Waals surface area contributed by atoms with Crippen molar-refractivity contribution >= 4 is 23.5 Å². The van der Waals surface area contributed by atoms with Gasteiger partial charge in [0.2, 0.25) is 5.91 Å². The van der Waals surface area contributed by atoms with E-state index in [-0.39, 0.29) is 29.9 Å². The maximum Gasteiger partial charge on any atom is 0.273 e. The van der Waals surface area contributed by atoms with Crippen LogP contribution in [-0.4, -0.2) is 58.8 Å². The lowest BCUT2D eigenvalue weighted by Gasteiger charge is -2.32. The van der Waals surface area contributed by atoms with Crippen LogP contribution < -0.4 is 15.4 Å². The van der Waals surface area contributed by atoms with E-state index < -0.39 is 29.0 Å². The van der Waals surface area contributed by atoms with Crippen molar-refractivity contribution in [3.8, 4) is 5.75 Å². The molecule has 192 valence electrons. The maximum atomic E-state index is 14.0. The van der Waals surface area contributed by atoms with Gasteiger partial charge in [0.25, 0.3) is 11.8 Å². The molecule has 1 aliphatic rings. The van der Waals surface area contributed by atoms with Gasteiger partial charge in [0.15, 0.2) is 11.5 Å². The van der Waals surface area contributed by atoms with Gasteiger partial charge in [0.05, 0.1) is 19.1 Å². The Labute approximate surface area is 211 Å². The third-order valence-corrected chi connectivity index (χ3v) is 6.02. The summed E-state index contributed by atoms with van der Waals surface area (Å²) in [5, 5.41) is 5.22. The summed E-state index contributed by atoms with van der Waals surface area (Å²) in [4.78, 5) is 47.8. The van der Waals surface area contributed by atoms with Crippen molar-refractivity contribution in [2.75, 3.05) is 25.5 Å². The van der Waals surface area contributed by atoms with Crippen molar-refractivity contribution in [1.29, 1.82) is 0 Å². The number of hydrogen-bond acceptors (Lipinski definition) is 6. The van der Waals surface area contributed by atoms with Crippen LogP contribution in [0.4, 0.5) is 14.6 Å². The van der Waals surface area contributed by atoms with Crippen molar-refractivity contribution in [3.63, 3.8) is 0 Å². The minimum absolute atomic E-state index is 0.00175. The van der Waals surface area contributed by atoms with Gasteiger partial charge in [-0.3, -0.25) is 14.4 Å². The van der Waals surface area contributed by atoms with Gasteiger partial charge < -0.3 is 20.3 Å². The molecule has 0 aliphatic carbocycles. The van der Waals surface area contributed by atoms with Gasteiger partial charge >= 0.3 is 0 Å². The standard InChI is InChI=1S/C26H25F2N5O4/c1-37-19-5-2-16(3-6-19)14-22(34)33-12-8-18(9-13-33)31-26(36)23-24(30-11-10-29-23)32-25(35)20-7-4-17(27)15-21(20)28/h2-7,10-11,15,18H,8-9,12-14H2,1H3,(H,31,36)(H,30,32,35). The van der Waals surface area contributed by atoms with Gasteiger partial charge in [-0.15, -0.1) is 0 Å². The monoisotopic (exact) mass is 509 g/mol. The summed E-state index contributed by atoms with van der Waals surface area (Å²) >= 11 is 0. The number of piperidine rings is 1. The molecule has 0 saturated carbocycles. The highest BCUT2D eigenvalue weighted by Gasteiger charge is 2.26. The fourth-order valence-electron chi connectivity index (χ4n) is 4.00. The molecule has 37 heavy (non-hydrogen) atoms. The number of aromatic nitrogens is 2. The lowest BCUT2D eigenvalue weighted by molar-refractivity contribution is -0.131. The van der Waals surface area contributed by atoms with Crippen LogP contribution in [0.2, 0.25) is 0 Å². The highest BCUT2D eigenvalue weighted by atomic mass is 19.1. The Hall–Kier alpha value is -4.41. The molecule has 0 unspecified atom stereocenters. The molecule has 1 saturated heterocycles. The molecule has 0 radical (unpaired) electrons. The number of carbonyl (C=O) groups is 3. The minimum Gasteiger partial charge on any atom is -0.497 e. The van der Waals surface area contributed by atoms with Gasteiger partial charge in [-0.1, -0.05) is 12.1 Å². The number of nitrogens with one attached hydrogen (secondary N) is 2. The third kappa shape index (κ3) is 6.43. The molecule has 0 atom stereocenters. The molecule has 0 spiro atoms. The topological polar surface area (TPSA) is 114 Å². The second-order valence-electron chi connectivity index (χ2n) is 8.49. The average molecular weight is 510 g/mol. The molecule has 2 heterocycles. The van der Waals surface area contributed by atoms with E-state index in [1.54, 1.807) is 12.0 Å². The fraction of sp³-hybridized carbons (Fsp3) is 0.269. The zero-order valence-corrected chi connectivity index (χ0v) is 20.0. The van der Waals surface area contributed by atoms with E-state index in [4.69, 9.17) is 4.74 Å². The first-order valence-corrected chi connectivity index (χ1v) is 11.6. The Balaban J connectivity index is 1.32. The molecule has 4 rings (SSSR count). The van der Waals surface area contributed by atoms with Crippen LogP contribution in [0.15, 0.2) is 54.9 Å². The van der Waals surface area contributed by atoms with Crippen LogP contribution >= 0.6 is 0 Å². The Morgan fingerprint density at radius 2 is 1.70 bits per heavy atom. The second kappa shape index (κ2) is 11.5. The quantitative estimate of drug-likeness (QED) is 0.506. The number of benzene rings is 2. The van der Waals surface area contributed by atoms with E-state index >= 15 is 0 Å². The van der Waals surface area contributed by atoms with Crippen LogP contribution in [0.25, 0.3) is 0 Å². The smallest absolute Gasteiger partial charge is 0.273 e. The number of nitrogens with zero attached hydrogens (tertiary/aromatic N) is 3. The molecule has 2 aromatic carbocycles. The van der Waals surface area contributed by atoms with Gasteiger partial charge in [-0.2, -0.15) is 0 Å². The zero-order chi connectivity index (χ0) is 26.4. The molecule has 0 bridgehead atoms. The number of amides is 3. The van der Waals surface area contributed by atoms with E-state index in [0.29, 0.717) is 32.0 Å². The van der Waals surface area contributed by atoms with Gasteiger partial charge in [-0.05, 0) is 42.7 Å². The third-order valence-electron chi connectivity index (χ3n) is 6.02. The number of methoxy groups -OCH3 is 1. The summed E-state index contributed by atoms with van der Waals surface area (Å²) in [7, 11) is 1.58. The number of halogens is 2. The molecule has 1 aromatic heterocycles. The van der Waals surface area contributed by atoms with E-state index in [1.165, 1.54) is 12.4 Å². The first kappa shape index (κ1) is 25.7. The first-order valence-electron chi connectivity index (χ1n) is 11.6. The predicted octanol–water partition coefficient (Wildman–Crippen LogP) is 2.98. The molecule has 1 fully saturated rings. The maximum absolute atomic E-state index is 14.0. The predicted molar refractivity (Wildman–Crippen MR) is 130 cm³/mol.